The van der Waals surface area contributed by atoms with Gasteiger partial charge in [-0.3, -0.25) is 13.2 Å². The van der Waals surface area contributed by atoms with Crippen molar-refractivity contribution in [1.29, 1.82) is 5.26 Å². The second kappa shape index (κ2) is 11.9. The summed E-state index contributed by atoms with van der Waals surface area (Å²) in [7, 11) is -2.33. The van der Waals surface area contributed by atoms with Crippen LogP contribution in [0, 0.1) is 23.2 Å². The lowest BCUT2D eigenvalue weighted by atomic mass is 9.80. The van der Waals surface area contributed by atoms with Crippen LogP contribution < -0.4 is 5.32 Å². The van der Waals surface area contributed by atoms with E-state index in [-0.39, 0.29) is 24.3 Å². The Morgan fingerprint density at radius 3 is 2.29 bits per heavy atom. The Morgan fingerprint density at radius 1 is 0.968 bits per heavy atom. The van der Waals surface area contributed by atoms with Crippen LogP contribution in [0.5, 0.6) is 0 Å². The maximum atomic E-state index is 12.9. The molecule has 2 aromatic carbocycles. The van der Waals surface area contributed by atoms with Crippen LogP contribution >= 0.6 is 0 Å². The second-order valence-corrected chi connectivity index (χ2v) is 10.9. The van der Waals surface area contributed by atoms with Gasteiger partial charge in [-0.25, -0.2) is 0 Å². The van der Waals surface area contributed by atoms with Crippen molar-refractivity contribution in [1.82, 2.24) is 5.32 Å². The molecule has 1 aliphatic carbocycles. The van der Waals surface area contributed by atoms with Crippen molar-refractivity contribution in [3.63, 3.8) is 0 Å². The maximum absolute atomic E-state index is 12.9. The number of benzene rings is 2. The average molecular weight is 457 g/mol. The number of nitrogens with zero attached hydrogens (tertiary/aromatic N) is 1. The summed E-state index contributed by atoms with van der Waals surface area (Å²) in [6.45, 7) is 0.00795. The average Bonchev–Trinajstić information content (AvgIpc) is 2.82. The Balaban J connectivity index is 1.57. The highest BCUT2D eigenvalue weighted by molar-refractivity contribution is 7.85. The molecule has 2 aromatic rings. The smallest absolute Gasteiger partial charge is 0.224 e. The summed E-state index contributed by atoms with van der Waals surface area (Å²) in [5.41, 5.74) is 1.16. The minimum Gasteiger partial charge on any atom is -0.343 e. The Bertz CT molecular complexity index is 955. The van der Waals surface area contributed by atoms with E-state index in [1.807, 2.05) is 36.4 Å². The van der Waals surface area contributed by atoms with Crippen LogP contribution in [-0.2, 0) is 32.8 Å². The van der Waals surface area contributed by atoms with Crippen molar-refractivity contribution >= 4 is 27.5 Å². The fraction of sp³-hybridized carbons (Fsp3) is 0.417. The van der Waals surface area contributed by atoms with E-state index in [0.717, 1.165) is 42.6 Å². The highest BCUT2D eigenvalue weighted by Crippen LogP contribution is 2.32. The number of amides is 1. The molecule has 0 spiro atoms. The van der Waals surface area contributed by atoms with Gasteiger partial charge in [-0.1, -0.05) is 43.2 Å². The molecule has 1 aliphatic rings. The molecular weight excluding hydrogens is 428 g/mol. The first kappa shape index (κ1) is 23.4. The van der Waals surface area contributed by atoms with Gasteiger partial charge in [-0.2, -0.15) is 5.26 Å². The standard InChI is InChI=1S/C24H28N2O3S2/c25-15-16-26-24(27)23-9-5-4-8-20(23)18-31(29)22-12-10-21(11-13-22)30(28)17-14-19-6-2-1-3-7-19/h1-3,6-7,10-13,20,23H,4-5,8-9,14,16-18H2,(H,26,27). The van der Waals surface area contributed by atoms with E-state index in [2.05, 4.69) is 5.32 Å². The number of rotatable bonds is 9. The zero-order valence-corrected chi connectivity index (χ0v) is 19.1. The minimum atomic E-state index is -1.22. The molecule has 1 saturated carbocycles. The molecule has 0 aliphatic heterocycles. The summed E-state index contributed by atoms with van der Waals surface area (Å²) in [6.07, 6.45) is 4.41. The van der Waals surface area contributed by atoms with Gasteiger partial charge < -0.3 is 5.32 Å². The van der Waals surface area contributed by atoms with Crippen LogP contribution in [-0.4, -0.2) is 32.4 Å². The van der Waals surface area contributed by atoms with Gasteiger partial charge in [0, 0.05) is 27.2 Å². The largest absolute Gasteiger partial charge is 0.343 e. The lowest BCUT2D eigenvalue weighted by Crippen LogP contribution is -2.38. The molecule has 3 rings (SSSR count). The fourth-order valence-corrected chi connectivity index (χ4v) is 6.53. The van der Waals surface area contributed by atoms with Gasteiger partial charge in [0.1, 0.15) is 6.54 Å². The molecule has 1 amide bonds. The zero-order chi connectivity index (χ0) is 22.1. The van der Waals surface area contributed by atoms with E-state index < -0.39 is 21.6 Å². The molecule has 31 heavy (non-hydrogen) atoms. The lowest BCUT2D eigenvalue weighted by molar-refractivity contribution is -0.127. The third-order valence-electron chi connectivity index (χ3n) is 5.72. The first-order chi connectivity index (χ1) is 15.1. The Kier molecular flexibility index (Phi) is 8.98. The van der Waals surface area contributed by atoms with E-state index in [1.54, 1.807) is 24.3 Å². The molecule has 7 heteroatoms. The predicted molar refractivity (Wildman–Crippen MR) is 123 cm³/mol. The summed E-state index contributed by atoms with van der Waals surface area (Å²) >= 11 is 0. The monoisotopic (exact) mass is 456 g/mol. The van der Waals surface area contributed by atoms with E-state index >= 15 is 0 Å². The quantitative estimate of drug-likeness (QED) is 0.584. The molecule has 4 unspecified atom stereocenters. The lowest BCUT2D eigenvalue weighted by Gasteiger charge is -2.30. The topological polar surface area (TPSA) is 87.0 Å². The van der Waals surface area contributed by atoms with Crippen molar-refractivity contribution in [2.75, 3.05) is 18.1 Å². The Labute approximate surface area is 189 Å². The van der Waals surface area contributed by atoms with Crippen LogP contribution in [0.3, 0.4) is 0 Å². The van der Waals surface area contributed by atoms with E-state index in [9.17, 15) is 13.2 Å². The molecule has 0 bridgehead atoms. The molecular formula is C24H28N2O3S2. The normalized spacial score (nSPS) is 20.4. The number of hydrogen-bond acceptors (Lipinski definition) is 4. The molecule has 0 saturated heterocycles. The Hall–Kier alpha value is -2.30. The number of nitriles is 1. The first-order valence-electron chi connectivity index (χ1n) is 10.6. The van der Waals surface area contributed by atoms with Crippen LogP contribution in [0.15, 0.2) is 64.4 Å². The van der Waals surface area contributed by atoms with Crippen molar-refractivity contribution in [2.45, 2.75) is 41.9 Å². The van der Waals surface area contributed by atoms with Gasteiger partial charge in [-0.15, -0.1) is 0 Å². The van der Waals surface area contributed by atoms with E-state index in [4.69, 9.17) is 5.26 Å². The van der Waals surface area contributed by atoms with Crippen molar-refractivity contribution in [3.05, 3.63) is 60.2 Å². The van der Waals surface area contributed by atoms with Gasteiger partial charge in [0.15, 0.2) is 0 Å². The molecule has 1 N–H and O–H groups in total. The van der Waals surface area contributed by atoms with E-state index in [1.165, 1.54) is 0 Å². The summed E-state index contributed by atoms with van der Waals surface area (Å²) in [6, 6.07) is 19.1. The van der Waals surface area contributed by atoms with Gasteiger partial charge in [0.2, 0.25) is 5.91 Å². The van der Waals surface area contributed by atoms with Gasteiger partial charge in [0.05, 0.1) is 27.7 Å². The number of carbonyl (C=O) groups excluding carboxylic acids is 1. The van der Waals surface area contributed by atoms with Crippen molar-refractivity contribution in [3.8, 4) is 6.07 Å². The number of nitrogens with one attached hydrogen (secondary N) is 1. The van der Waals surface area contributed by atoms with Crippen molar-refractivity contribution in [2.24, 2.45) is 11.8 Å². The SMILES string of the molecule is N#CCNC(=O)C1CCCCC1CS(=O)c1ccc(S(=O)CCc2ccccc2)cc1. The van der Waals surface area contributed by atoms with Crippen LogP contribution in [0.4, 0.5) is 0 Å². The van der Waals surface area contributed by atoms with Crippen molar-refractivity contribution < 1.29 is 13.2 Å². The molecule has 0 radical (unpaired) electrons. The number of carbonyl (C=O) groups is 1. The number of hydrogen-bond donors (Lipinski definition) is 1. The molecule has 164 valence electrons. The van der Waals surface area contributed by atoms with Crippen LogP contribution in [0.2, 0.25) is 0 Å². The molecule has 1 fully saturated rings. The first-order valence-corrected chi connectivity index (χ1v) is 13.3. The number of aryl methyl sites for hydroxylation is 1. The Morgan fingerprint density at radius 2 is 1.61 bits per heavy atom. The highest BCUT2D eigenvalue weighted by atomic mass is 32.2. The summed E-state index contributed by atoms with van der Waals surface area (Å²) in [5, 5.41) is 11.3. The third-order valence-corrected chi connectivity index (χ3v) is 8.62. The summed E-state index contributed by atoms with van der Waals surface area (Å²) < 4.78 is 25.5. The van der Waals surface area contributed by atoms with Gasteiger partial charge in [-0.05, 0) is 55.0 Å². The molecule has 4 atom stereocenters. The predicted octanol–water partition coefficient (Wildman–Crippen LogP) is 3.59. The molecule has 0 heterocycles. The summed E-state index contributed by atoms with van der Waals surface area (Å²) in [5.74, 6) is 0.742. The zero-order valence-electron chi connectivity index (χ0n) is 17.5. The van der Waals surface area contributed by atoms with Gasteiger partial charge in [0.25, 0.3) is 0 Å². The van der Waals surface area contributed by atoms with Gasteiger partial charge >= 0.3 is 0 Å². The summed E-state index contributed by atoms with van der Waals surface area (Å²) in [4.78, 5) is 13.8. The third kappa shape index (κ3) is 6.84. The fourth-order valence-electron chi connectivity index (χ4n) is 4.02. The second-order valence-electron chi connectivity index (χ2n) is 7.80. The van der Waals surface area contributed by atoms with Crippen LogP contribution in [0.25, 0.3) is 0 Å². The van der Waals surface area contributed by atoms with Crippen LogP contribution in [0.1, 0.15) is 31.2 Å². The highest BCUT2D eigenvalue weighted by Gasteiger charge is 2.32. The maximum Gasteiger partial charge on any atom is 0.224 e. The molecule has 5 nitrogen and oxygen atoms in total. The van der Waals surface area contributed by atoms with E-state index in [0.29, 0.717) is 16.4 Å². The molecule has 0 aromatic heterocycles. The minimum absolute atomic E-state index is 0.00795.